The standard InChI is InChI=1S/C15H10BrFN2O/c16-10-5-6-12(17)13(8-10)19-14(18)7-9-3-1-2-4-11(9)15(19)20/h1-8H,18H2. The van der Waals surface area contributed by atoms with Gasteiger partial charge >= 0.3 is 0 Å². The first kappa shape index (κ1) is 12.9. The Labute approximate surface area is 122 Å². The van der Waals surface area contributed by atoms with Crippen LogP contribution in [0, 0.1) is 5.82 Å². The molecule has 0 aliphatic rings. The van der Waals surface area contributed by atoms with Crippen LogP contribution in [0.1, 0.15) is 0 Å². The van der Waals surface area contributed by atoms with Crippen molar-refractivity contribution in [3.63, 3.8) is 0 Å². The highest BCUT2D eigenvalue weighted by Gasteiger charge is 2.12. The first-order chi connectivity index (χ1) is 9.58. The molecule has 0 saturated carbocycles. The lowest BCUT2D eigenvalue weighted by atomic mass is 10.1. The van der Waals surface area contributed by atoms with Gasteiger partial charge in [-0.25, -0.2) is 4.39 Å². The van der Waals surface area contributed by atoms with E-state index < -0.39 is 5.82 Å². The molecule has 0 fully saturated rings. The molecule has 3 rings (SSSR count). The van der Waals surface area contributed by atoms with E-state index in [2.05, 4.69) is 15.9 Å². The molecule has 1 aromatic heterocycles. The van der Waals surface area contributed by atoms with Crippen LogP contribution in [0.2, 0.25) is 0 Å². The average Bonchev–Trinajstić information content (AvgIpc) is 2.42. The summed E-state index contributed by atoms with van der Waals surface area (Å²) >= 11 is 3.27. The van der Waals surface area contributed by atoms with Gasteiger partial charge in [0.2, 0.25) is 0 Å². The van der Waals surface area contributed by atoms with E-state index in [1.54, 1.807) is 30.3 Å². The average molecular weight is 333 g/mol. The lowest BCUT2D eigenvalue weighted by Gasteiger charge is -2.12. The molecule has 0 bridgehead atoms. The van der Waals surface area contributed by atoms with Gasteiger partial charge in [-0.3, -0.25) is 9.36 Å². The highest BCUT2D eigenvalue weighted by molar-refractivity contribution is 9.10. The first-order valence-electron chi connectivity index (χ1n) is 5.93. The zero-order chi connectivity index (χ0) is 14.3. The van der Waals surface area contributed by atoms with Crippen molar-refractivity contribution >= 4 is 32.5 Å². The Morgan fingerprint density at radius 3 is 2.65 bits per heavy atom. The Kier molecular flexibility index (Phi) is 3.06. The minimum atomic E-state index is -0.503. The number of anilines is 1. The monoisotopic (exact) mass is 332 g/mol. The van der Waals surface area contributed by atoms with E-state index in [-0.39, 0.29) is 17.1 Å². The fourth-order valence-corrected chi connectivity index (χ4v) is 2.53. The fourth-order valence-electron chi connectivity index (χ4n) is 2.18. The Morgan fingerprint density at radius 2 is 1.85 bits per heavy atom. The summed E-state index contributed by atoms with van der Waals surface area (Å²) in [6.07, 6.45) is 0. The number of rotatable bonds is 1. The molecule has 20 heavy (non-hydrogen) atoms. The van der Waals surface area contributed by atoms with Crippen LogP contribution in [-0.4, -0.2) is 4.57 Å². The maximum Gasteiger partial charge on any atom is 0.264 e. The van der Waals surface area contributed by atoms with Crippen LogP contribution in [0.15, 0.2) is 57.8 Å². The smallest absolute Gasteiger partial charge is 0.264 e. The molecule has 3 aromatic rings. The molecule has 1 heterocycles. The summed E-state index contributed by atoms with van der Waals surface area (Å²) in [5, 5.41) is 1.24. The van der Waals surface area contributed by atoms with Crippen molar-refractivity contribution in [2.24, 2.45) is 0 Å². The molecule has 0 amide bonds. The van der Waals surface area contributed by atoms with E-state index in [9.17, 15) is 9.18 Å². The van der Waals surface area contributed by atoms with Crippen LogP contribution < -0.4 is 11.3 Å². The third-order valence-electron chi connectivity index (χ3n) is 3.10. The van der Waals surface area contributed by atoms with Crippen LogP contribution in [0.25, 0.3) is 16.5 Å². The number of hydrogen-bond acceptors (Lipinski definition) is 2. The Hall–Kier alpha value is -2.14. The topological polar surface area (TPSA) is 48.0 Å². The van der Waals surface area contributed by atoms with E-state index in [1.165, 1.54) is 16.7 Å². The molecular weight excluding hydrogens is 323 g/mol. The van der Waals surface area contributed by atoms with Crippen LogP contribution in [0.3, 0.4) is 0 Å². The number of benzene rings is 2. The number of fused-ring (bicyclic) bond motifs is 1. The summed E-state index contributed by atoms with van der Waals surface area (Å²) in [5.74, 6) is -0.303. The summed E-state index contributed by atoms with van der Waals surface area (Å²) in [5.41, 5.74) is 5.72. The molecule has 0 radical (unpaired) electrons. The van der Waals surface area contributed by atoms with Crippen LogP contribution in [0.4, 0.5) is 10.2 Å². The SMILES string of the molecule is Nc1cc2ccccc2c(=O)n1-c1cc(Br)ccc1F. The highest BCUT2D eigenvalue weighted by Crippen LogP contribution is 2.22. The van der Waals surface area contributed by atoms with E-state index in [1.807, 2.05) is 6.07 Å². The largest absolute Gasteiger partial charge is 0.385 e. The number of pyridine rings is 1. The van der Waals surface area contributed by atoms with Crippen molar-refractivity contribution in [2.75, 3.05) is 5.73 Å². The maximum atomic E-state index is 14.0. The zero-order valence-electron chi connectivity index (χ0n) is 10.3. The van der Waals surface area contributed by atoms with Crippen LogP contribution in [-0.2, 0) is 0 Å². The number of nitrogen functional groups attached to an aromatic ring is 1. The van der Waals surface area contributed by atoms with Crippen molar-refractivity contribution < 1.29 is 4.39 Å². The van der Waals surface area contributed by atoms with Gasteiger partial charge in [0.1, 0.15) is 11.6 Å². The van der Waals surface area contributed by atoms with E-state index in [0.29, 0.717) is 9.86 Å². The van der Waals surface area contributed by atoms with Crippen LogP contribution in [0.5, 0.6) is 0 Å². The lowest BCUT2D eigenvalue weighted by molar-refractivity contribution is 0.617. The number of nitrogens with two attached hydrogens (primary N) is 1. The molecule has 2 N–H and O–H groups in total. The van der Waals surface area contributed by atoms with E-state index in [0.717, 1.165) is 5.39 Å². The van der Waals surface area contributed by atoms with Gasteiger partial charge in [0.05, 0.1) is 5.69 Å². The van der Waals surface area contributed by atoms with E-state index in [4.69, 9.17) is 5.73 Å². The quantitative estimate of drug-likeness (QED) is 0.741. The molecule has 100 valence electrons. The number of halogens is 2. The normalized spacial score (nSPS) is 10.9. The van der Waals surface area contributed by atoms with Crippen molar-refractivity contribution in [1.82, 2.24) is 4.57 Å². The minimum absolute atomic E-state index is 0.132. The molecule has 5 heteroatoms. The second-order valence-electron chi connectivity index (χ2n) is 4.39. The molecule has 0 spiro atoms. The third-order valence-corrected chi connectivity index (χ3v) is 3.60. The first-order valence-corrected chi connectivity index (χ1v) is 6.73. The van der Waals surface area contributed by atoms with Crippen molar-refractivity contribution in [3.8, 4) is 5.69 Å². The van der Waals surface area contributed by atoms with Crippen molar-refractivity contribution in [1.29, 1.82) is 0 Å². The fraction of sp³-hybridized carbons (Fsp3) is 0. The third kappa shape index (κ3) is 2.00. The van der Waals surface area contributed by atoms with Gasteiger partial charge in [0.25, 0.3) is 5.56 Å². The lowest BCUT2D eigenvalue weighted by Crippen LogP contribution is -2.22. The van der Waals surface area contributed by atoms with Gasteiger partial charge in [-0.15, -0.1) is 0 Å². The highest BCUT2D eigenvalue weighted by atomic mass is 79.9. The van der Waals surface area contributed by atoms with Crippen molar-refractivity contribution in [2.45, 2.75) is 0 Å². The molecule has 2 aromatic carbocycles. The molecular formula is C15H10BrFN2O. The maximum absolute atomic E-state index is 14.0. The second kappa shape index (κ2) is 4.76. The Balaban J connectivity index is 2.42. The molecule has 0 saturated heterocycles. The number of nitrogens with zero attached hydrogens (tertiary/aromatic N) is 1. The van der Waals surface area contributed by atoms with Gasteiger partial charge < -0.3 is 5.73 Å². The van der Waals surface area contributed by atoms with E-state index >= 15 is 0 Å². The summed E-state index contributed by atoms with van der Waals surface area (Å²) in [6.45, 7) is 0. The van der Waals surface area contributed by atoms with Crippen LogP contribution >= 0.6 is 15.9 Å². The summed E-state index contributed by atoms with van der Waals surface area (Å²) < 4.78 is 15.8. The predicted molar refractivity (Wildman–Crippen MR) is 81.6 cm³/mol. The number of aromatic nitrogens is 1. The van der Waals surface area contributed by atoms with Gasteiger partial charge in [-0.1, -0.05) is 34.1 Å². The van der Waals surface area contributed by atoms with Crippen molar-refractivity contribution in [3.05, 3.63) is 69.2 Å². The summed E-state index contributed by atoms with van der Waals surface area (Å²) in [6, 6.07) is 13.1. The molecule has 0 unspecified atom stereocenters. The number of hydrogen-bond donors (Lipinski definition) is 1. The Morgan fingerprint density at radius 1 is 1.10 bits per heavy atom. The molecule has 0 aliphatic carbocycles. The second-order valence-corrected chi connectivity index (χ2v) is 5.31. The molecule has 0 aliphatic heterocycles. The zero-order valence-corrected chi connectivity index (χ0v) is 11.9. The minimum Gasteiger partial charge on any atom is -0.385 e. The molecule has 3 nitrogen and oxygen atoms in total. The Bertz CT molecular complexity index is 873. The van der Waals surface area contributed by atoms with Gasteiger partial charge in [-0.05, 0) is 35.7 Å². The predicted octanol–water partition coefficient (Wildman–Crippen LogP) is 3.47. The van der Waals surface area contributed by atoms with Gasteiger partial charge in [-0.2, -0.15) is 0 Å². The summed E-state index contributed by atoms with van der Waals surface area (Å²) in [4.78, 5) is 12.5. The molecule has 0 atom stereocenters. The van der Waals surface area contributed by atoms with Gasteiger partial charge in [0.15, 0.2) is 0 Å². The summed E-state index contributed by atoms with van der Waals surface area (Å²) in [7, 11) is 0. The van der Waals surface area contributed by atoms with Gasteiger partial charge in [0, 0.05) is 9.86 Å².